The van der Waals surface area contributed by atoms with Crippen molar-refractivity contribution >= 4 is 39.3 Å². The van der Waals surface area contributed by atoms with Crippen molar-refractivity contribution in [2.45, 2.75) is 23.8 Å². The van der Waals surface area contributed by atoms with Crippen LogP contribution in [0, 0.1) is 13.8 Å². The molecule has 2 heterocycles. The number of nitrogens with one attached hydrogen (secondary N) is 1. The molecule has 0 radical (unpaired) electrons. The summed E-state index contributed by atoms with van der Waals surface area (Å²) in [6.07, 6.45) is 1.67. The van der Waals surface area contributed by atoms with Crippen LogP contribution in [0.4, 0.5) is 5.69 Å². The quantitative estimate of drug-likeness (QED) is 0.673. The zero-order chi connectivity index (χ0) is 17.1. The first-order valence-electron chi connectivity index (χ1n) is 7.17. The molecule has 0 aliphatic carbocycles. The van der Waals surface area contributed by atoms with E-state index in [4.69, 9.17) is 4.52 Å². The Bertz CT molecular complexity index is 858. The minimum Gasteiger partial charge on any atom is -0.359 e. The number of carbonyl (C=O) groups is 1. The van der Waals surface area contributed by atoms with Gasteiger partial charge < -0.3 is 9.84 Å². The normalized spacial score (nSPS) is 10.6. The molecule has 24 heavy (non-hydrogen) atoms. The highest BCUT2D eigenvalue weighted by atomic mass is 79.9. The first kappa shape index (κ1) is 16.7. The SMILES string of the molecule is Cc1noc(C)c1NC(=O)c1cccnc1Sc1ccc(Br)cc1. The Kier molecular flexibility index (Phi) is 5.01. The molecule has 0 fully saturated rings. The molecule has 0 unspecified atom stereocenters. The highest BCUT2D eigenvalue weighted by molar-refractivity contribution is 9.10. The van der Waals surface area contributed by atoms with E-state index in [1.54, 1.807) is 32.2 Å². The second-order valence-electron chi connectivity index (χ2n) is 5.07. The van der Waals surface area contributed by atoms with Crippen molar-refractivity contribution in [2.24, 2.45) is 0 Å². The van der Waals surface area contributed by atoms with Gasteiger partial charge in [-0.25, -0.2) is 4.98 Å². The fourth-order valence-electron chi connectivity index (χ4n) is 2.10. The predicted molar refractivity (Wildman–Crippen MR) is 96.4 cm³/mol. The van der Waals surface area contributed by atoms with E-state index in [1.807, 2.05) is 24.3 Å². The van der Waals surface area contributed by atoms with Gasteiger partial charge >= 0.3 is 0 Å². The zero-order valence-electron chi connectivity index (χ0n) is 13.0. The standard InChI is InChI=1S/C17H14BrN3O2S/c1-10-15(11(2)23-21-10)20-16(22)14-4-3-9-19-17(14)24-13-7-5-12(18)6-8-13/h3-9H,1-2H3,(H,20,22). The minimum absolute atomic E-state index is 0.239. The summed E-state index contributed by atoms with van der Waals surface area (Å²) in [6, 6.07) is 11.3. The molecule has 1 N–H and O–H groups in total. The summed E-state index contributed by atoms with van der Waals surface area (Å²) in [7, 11) is 0. The molecule has 122 valence electrons. The molecule has 1 amide bonds. The molecule has 1 aromatic carbocycles. The van der Waals surface area contributed by atoms with Crippen LogP contribution < -0.4 is 5.32 Å². The van der Waals surface area contributed by atoms with Crippen LogP contribution in [0.15, 0.2) is 61.5 Å². The lowest BCUT2D eigenvalue weighted by Crippen LogP contribution is -2.14. The van der Waals surface area contributed by atoms with Crippen LogP contribution >= 0.6 is 27.7 Å². The highest BCUT2D eigenvalue weighted by Gasteiger charge is 2.17. The summed E-state index contributed by atoms with van der Waals surface area (Å²) >= 11 is 4.85. The Hall–Kier alpha value is -2.12. The maximum Gasteiger partial charge on any atom is 0.258 e. The number of hydrogen-bond acceptors (Lipinski definition) is 5. The highest BCUT2D eigenvalue weighted by Crippen LogP contribution is 2.30. The van der Waals surface area contributed by atoms with Crippen molar-refractivity contribution in [3.05, 3.63) is 64.1 Å². The van der Waals surface area contributed by atoms with Crippen molar-refractivity contribution in [1.29, 1.82) is 0 Å². The van der Waals surface area contributed by atoms with Crippen LogP contribution in [0.25, 0.3) is 0 Å². The van der Waals surface area contributed by atoms with Gasteiger partial charge in [0.1, 0.15) is 16.4 Å². The molecule has 0 atom stereocenters. The number of carbonyl (C=O) groups excluding carboxylic acids is 1. The van der Waals surface area contributed by atoms with E-state index >= 15 is 0 Å². The fraction of sp³-hybridized carbons (Fsp3) is 0.118. The first-order valence-corrected chi connectivity index (χ1v) is 8.78. The van der Waals surface area contributed by atoms with E-state index in [0.29, 0.717) is 27.7 Å². The van der Waals surface area contributed by atoms with Gasteiger partial charge in [-0.2, -0.15) is 0 Å². The van der Waals surface area contributed by atoms with E-state index in [0.717, 1.165) is 9.37 Å². The molecular weight excluding hydrogens is 390 g/mol. The van der Waals surface area contributed by atoms with Crippen LogP contribution in [-0.2, 0) is 0 Å². The van der Waals surface area contributed by atoms with Gasteiger partial charge in [0.25, 0.3) is 5.91 Å². The van der Waals surface area contributed by atoms with Crippen molar-refractivity contribution in [3.8, 4) is 0 Å². The Morgan fingerprint density at radius 1 is 1.21 bits per heavy atom. The van der Waals surface area contributed by atoms with Gasteiger partial charge in [-0.1, -0.05) is 32.8 Å². The molecular formula is C17H14BrN3O2S. The van der Waals surface area contributed by atoms with E-state index in [9.17, 15) is 4.79 Å². The van der Waals surface area contributed by atoms with E-state index in [2.05, 4.69) is 31.4 Å². The second-order valence-corrected chi connectivity index (χ2v) is 7.04. The Morgan fingerprint density at radius 2 is 1.96 bits per heavy atom. The molecule has 2 aromatic heterocycles. The number of aryl methyl sites for hydroxylation is 2. The third kappa shape index (κ3) is 3.68. The summed E-state index contributed by atoms with van der Waals surface area (Å²) in [5.41, 5.74) is 1.75. The number of benzene rings is 1. The summed E-state index contributed by atoms with van der Waals surface area (Å²) in [5.74, 6) is 0.337. The van der Waals surface area contributed by atoms with Crippen molar-refractivity contribution in [2.75, 3.05) is 5.32 Å². The smallest absolute Gasteiger partial charge is 0.258 e. The molecule has 5 nitrogen and oxygen atoms in total. The lowest BCUT2D eigenvalue weighted by molar-refractivity contribution is 0.102. The number of rotatable bonds is 4. The van der Waals surface area contributed by atoms with Gasteiger partial charge in [0, 0.05) is 15.6 Å². The zero-order valence-corrected chi connectivity index (χ0v) is 15.4. The second kappa shape index (κ2) is 7.19. The summed E-state index contributed by atoms with van der Waals surface area (Å²) in [5, 5.41) is 7.34. The molecule has 7 heteroatoms. The molecule has 0 saturated carbocycles. The lowest BCUT2D eigenvalue weighted by atomic mass is 10.2. The average molecular weight is 404 g/mol. The van der Waals surface area contributed by atoms with E-state index in [1.165, 1.54) is 11.8 Å². The fourth-order valence-corrected chi connectivity index (χ4v) is 3.25. The van der Waals surface area contributed by atoms with Crippen LogP contribution in [-0.4, -0.2) is 16.0 Å². The minimum atomic E-state index is -0.239. The number of aromatic nitrogens is 2. The van der Waals surface area contributed by atoms with Crippen LogP contribution in [0.2, 0.25) is 0 Å². The molecule has 0 aliphatic rings. The lowest BCUT2D eigenvalue weighted by Gasteiger charge is -2.09. The topological polar surface area (TPSA) is 68.0 Å². The van der Waals surface area contributed by atoms with Crippen molar-refractivity contribution in [1.82, 2.24) is 10.1 Å². The number of amides is 1. The molecule has 3 aromatic rings. The third-order valence-electron chi connectivity index (χ3n) is 3.32. The monoisotopic (exact) mass is 403 g/mol. The van der Waals surface area contributed by atoms with E-state index < -0.39 is 0 Å². The predicted octanol–water partition coefficient (Wildman–Crippen LogP) is 4.85. The Balaban J connectivity index is 1.86. The molecule has 0 bridgehead atoms. The van der Waals surface area contributed by atoms with Gasteiger partial charge in [-0.05, 0) is 50.2 Å². The number of anilines is 1. The number of hydrogen-bond donors (Lipinski definition) is 1. The van der Waals surface area contributed by atoms with E-state index in [-0.39, 0.29) is 5.91 Å². The third-order valence-corrected chi connectivity index (χ3v) is 4.87. The van der Waals surface area contributed by atoms with Crippen molar-refractivity contribution < 1.29 is 9.32 Å². The Morgan fingerprint density at radius 3 is 2.62 bits per heavy atom. The van der Waals surface area contributed by atoms with Gasteiger partial charge in [0.15, 0.2) is 5.76 Å². The van der Waals surface area contributed by atoms with Crippen LogP contribution in [0.1, 0.15) is 21.8 Å². The largest absolute Gasteiger partial charge is 0.359 e. The van der Waals surface area contributed by atoms with Crippen LogP contribution in [0.3, 0.4) is 0 Å². The number of halogens is 1. The maximum absolute atomic E-state index is 12.6. The molecule has 0 aliphatic heterocycles. The Labute approximate surface area is 152 Å². The maximum atomic E-state index is 12.6. The molecule has 3 rings (SSSR count). The molecule has 0 spiro atoms. The molecule has 0 saturated heterocycles. The van der Waals surface area contributed by atoms with Gasteiger partial charge in [-0.3, -0.25) is 4.79 Å². The first-order chi connectivity index (χ1) is 11.5. The summed E-state index contributed by atoms with van der Waals surface area (Å²) < 4.78 is 6.08. The summed E-state index contributed by atoms with van der Waals surface area (Å²) in [4.78, 5) is 18.0. The van der Waals surface area contributed by atoms with Crippen LogP contribution in [0.5, 0.6) is 0 Å². The number of pyridine rings is 1. The number of nitrogens with zero attached hydrogens (tertiary/aromatic N) is 2. The van der Waals surface area contributed by atoms with Gasteiger partial charge in [0.05, 0.1) is 5.56 Å². The average Bonchev–Trinajstić information content (AvgIpc) is 2.89. The summed E-state index contributed by atoms with van der Waals surface area (Å²) in [6.45, 7) is 3.54. The van der Waals surface area contributed by atoms with Crippen molar-refractivity contribution in [3.63, 3.8) is 0 Å². The van der Waals surface area contributed by atoms with Gasteiger partial charge in [-0.15, -0.1) is 0 Å². The van der Waals surface area contributed by atoms with Gasteiger partial charge in [0.2, 0.25) is 0 Å².